The standard InChI is InChI=1S/C20H25N3O/c21-14-15-6-8-18(9-7-15)20(24)23-19(16-4-2-1-3-5-16)17-10-12-22-13-11-17/h1-5,10-13,15,18-19H,6-9,14,21H2,(H,23,24)/t15?,18?,19-/m0/s1. The molecule has 0 radical (unpaired) electrons. The average molecular weight is 323 g/mol. The number of carbonyl (C=O) groups is 1. The minimum absolute atomic E-state index is 0.0980. The first kappa shape index (κ1) is 16.7. The van der Waals surface area contributed by atoms with Crippen molar-refractivity contribution in [2.45, 2.75) is 31.7 Å². The summed E-state index contributed by atoms with van der Waals surface area (Å²) in [5, 5.41) is 3.25. The molecule has 1 saturated carbocycles. The maximum atomic E-state index is 12.8. The highest BCUT2D eigenvalue weighted by atomic mass is 16.1. The summed E-state index contributed by atoms with van der Waals surface area (Å²) >= 11 is 0. The second kappa shape index (κ2) is 8.06. The van der Waals surface area contributed by atoms with Gasteiger partial charge in [-0.05, 0) is 61.4 Å². The summed E-state index contributed by atoms with van der Waals surface area (Å²) in [5.41, 5.74) is 7.90. The number of pyridine rings is 1. The lowest BCUT2D eigenvalue weighted by Crippen LogP contribution is -2.37. The third-order valence-corrected chi connectivity index (χ3v) is 5.01. The number of nitrogens with one attached hydrogen (secondary N) is 1. The highest BCUT2D eigenvalue weighted by molar-refractivity contribution is 5.79. The van der Waals surface area contributed by atoms with E-state index in [1.807, 2.05) is 30.3 Å². The second-order valence-corrected chi connectivity index (χ2v) is 6.59. The van der Waals surface area contributed by atoms with E-state index in [1.165, 1.54) is 0 Å². The van der Waals surface area contributed by atoms with Gasteiger partial charge in [0.25, 0.3) is 0 Å². The Morgan fingerprint density at radius 2 is 1.67 bits per heavy atom. The summed E-state index contributed by atoms with van der Waals surface area (Å²) in [5.74, 6) is 0.830. The molecular weight excluding hydrogens is 298 g/mol. The van der Waals surface area contributed by atoms with Crippen molar-refractivity contribution in [2.75, 3.05) is 6.54 Å². The van der Waals surface area contributed by atoms with Crippen LogP contribution in [0.3, 0.4) is 0 Å². The SMILES string of the molecule is NCC1CCC(C(=O)N[C@@H](c2ccccc2)c2ccncc2)CC1. The summed E-state index contributed by atoms with van der Waals surface area (Å²) in [6.07, 6.45) is 7.52. The van der Waals surface area contributed by atoms with Crippen molar-refractivity contribution >= 4 is 5.91 Å². The second-order valence-electron chi connectivity index (χ2n) is 6.59. The van der Waals surface area contributed by atoms with Gasteiger partial charge in [0.2, 0.25) is 5.91 Å². The molecule has 1 aliphatic carbocycles. The maximum Gasteiger partial charge on any atom is 0.223 e. The molecule has 0 saturated heterocycles. The first-order valence-electron chi connectivity index (χ1n) is 8.73. The molecule has 1 fully saturated rings. The van der Waals surface area contributed by atoms with Crippen molar-refractivity contribution in [1.82, 2.24) is 10.3 Å². The number of hydrogen-bond acceptors (Lipinski definition) is 3. The van der Waals surface area contributed by atoms with Crippen LogP contribution < -0.4 is 11.1 Å². The molecule has 1 amide bonds. The summed E-state index contributed by atoms with van der Waals surface area (Å²) in [7, 11) is 0. The van der Waals surface area contributed by atoms with E-state index < -0.39 is 0 Å². The molecule has 24 heavy (non-hydrogen) atoms. The number of nitrogens with zero attached hydrogens (tertiary/aromatic N) is 1. The molecule has 4 heteroatoms. The number of aromatic nitrogens is 1. The largest absolute Gasteiger partial charge is 0.345 e. The molecule has 2 aromatic rings. The molecule has 1 aliphatic rings. The van der Waals surface area contributed by atoms with Crippen molar-refractivity contribution in [3.63, 3.8) is 0 Å². The molecule has 1 heterocycles. The van der Waals surface area contributed by atoms with E-state index >= 15 is 0 Å². The number of amides is 1. The van der Waals surface area contributed by atoms with Crippen LogP contribution in [0.2, 0.25) is 0 Å². The quantitative estimate of drug-likeness (QED) is 0.888. The number of nitrogens with two attached hydrogens (primary N) is 1. The lowest BCUT2D eigenvalue weighted by Gasteiger charge is -2.29. The molecule has 3 rings (SSSR count). The average Bonchev–Trinajstić information content (AvgIpc) is 2.67. The van der Waals surface area contributed by atoms with E-state index in [4.69, 9.17) is 5.73 Å². The molecular formula is C20H25N3O. The van der Waals surface area contributed by atoms with Gasteiger partial charge in [0, 0.05) is 18.3 Å². The summed E-state index contributed by atoms with van der Waals surface area (Å²) < 4.78 is 0. The van der Waals surface area contributed by atoms with E-state index in [9.17, 15) is 4.79 Å². The smallest absolute Gasteiger partial charge is 0.223 e. The zero-order chi connectivity index (χ0) is 16.8. The Kier molecular flexibility index (Phi) is 5.59. The third kappa shape index (κ3) is 4.01. The van der Waals surface area contributed by atoms with Crippen molar-refractivity contribution in [3.05, 3.63) is 66.0 Å². The Morgan fingerprint density at radius 1 is 1.04 bits per heavy atom. The Morgan fingerprint density at radius 3 is 2.29 bits per heavy atom. The third-order valence-electron chi connectivity index (χ3n) is 5.01. The van der Waals surface area contributed by atoms with Gasteiger partial charge >= 0.3 is 0 Å². The summed E-state index contributed by atoms with van der Waals surface area (Å²) in [4.78, 5) is 16.9. The van der Waals surface area contributed by atoms with Crippen LogP contribution in [0.4, 0.5) is 0 Å². The van der Waals surface area contributed by atoms with Crippen LogP contribution in [-0.4, -0.2) is 17.4 Å². The molecule has 3 N–H and O–H groups in total. The van der Waals surface area contributed by atoms with Crippen molar-refractivity contribution < 1.29 is 4.79 Å². The van der Waals surface area contributed by atoms with E-state index in [0.29, 0.717) is 5.92 Å². The van der Waals surface area contributed by atoms with Crippen LogP contribution >= 0.6 is 0 Å². The van der Waals surface area contributed by atoms with Gasteiger partial charge < -0.3 is 11.1 Å². The Labute approximate surface area is 143 Å². The van der Waals surface area contributed by atoms with Crippen molar-refractivity contribution in [3.8, 4) is 0 Å². The van der Waals surface area contributed by atoms with Gasteiger partial charge in [-0.3, -0.25) is 9.78 Å². The van der Waals surface area contributed by atoms with Crippen LogP contribution in [-0.2, 0) is 4.79 Å². The highest BCUT2D eigenvalue weighted by Crippen LogP contribution is 2.29. The molecule has 126 valence electrons. The van der Waals surface area contributed by atoms with Crippen LogP contribution in [0.15, 0.2) is 54.9 Å². The maximum absolute atomic E-state index is 12.8. The van der Waals surface area contributed by atoms with Gasteiger partial charge in [-0.1, -0.05) is 30.3 Å². The zero-order valence-electron chi connectivity index (χ0n) is 13.9. The fourth-order valence-electron chi connectivity index (χ4n) is 3.48. The number of hydrogen-bond donors (Lipinski definition) is 2. The van der Waals surface area contributed by atoms with Crippen LogP contribution in [0, 0.1) is 11.8 Å². The monoisotopic (exact) mass is 323 g/mol. The molecule has 0 unspecified atom stereocenters. The fourth-order valence-corrected chi connectivity index (χ4v) is 3.48. The van der Waals surface area contributed by atoms with E-state index in [2.05, 4.69) is 22.4 Å². The molecule has 1 aromatic carbocycles. The minimum Gasteiger partial charge on any atom is -0.345 e. The first-order valence-corrected chi connectivity index (χ1v) is 8.73. The Bertz CT molecular complexity index is 597. The predicted molar refractivity (Wildman–Crippen MR) is 95.2 cm³/mol. The summed E-state index contributed by atoms with van der Waals surface area (Å²) in [6.45, 7) is 0.734. The van der Waals surface area contributed by atoms with Crippen molar-refractivity contribution in [1.29, 1.82) is 0 Å². The van der Waals surface area contributed by atoms with Crippen LogP contribution in [0.5, 0.6) is 0 Å². The minimum atomic E-state index is -0.131. The topological polar surface area (TPSA) is 68.0 Å². The van der Waals surface area contributed by atoms with E-state index in [1.54, 1.807) is 12.4 Å². The van der Waals surface area contributed by atoms with Crippen LogP contribution in [0.25, 0.3) is 0 Å². The fraction of sp³-hybridized carbons (Fsp3) is 0.400. The normalized spacial score (nSPS) is 21.9. The highest BCUT2D eigenvalue weighted by Gasteiger charge is 2.27. The molecule has 4 nitrogen and oxygen atoms in total. The number of rotatable bonds is 5. The first-order chi connectivity index (χ1) is 11.8. The Hall–Kier alpha value is -2.20. The van der Waals surface area contributed by atoms with Gasteiger partial charge in [0.1, 0.15) is 0 Å². The lowest BCUT2D eigenvalue weighted by atomic mass is 9.81. The molecule has 1 aromatic heterocycles. The van der Waals surface area contributed by atoms with Crippen LogP contribution in [0.1, 0.15) is 42.9 Å². The predicted octanol–water partition coefficient (Wildman–Crippen LogP) is 3.05. The zero-order valence-corrected chi connectivity index (χ0v) is 13.9. The molecule has 0 spiro atoms. The van der Waals surface area contributed by atoms with Gasteiger partial charge in [-0.25, -0.2) is 0 Å². The number of benzene rings is 1. The van der Waals surface area contributed by atoms with E-state index in [-0.39, 0.29) is 17.9 Å². The van der Waals surface area contributed by atoms with Gasteiger partial charge in [-0.15, -0.1) is 0 Å². The molecule has 1 atom stereocenters. The van der Waals surface area contributed by atoms with E-state index in [0.717, 1.165) is 43.4 Å². The Balaban J connectivity index is 1.74. The lowest BCUT2D eigenvalue weighted by molar-refractivity contribution is -0.126. The van der Waals surface area contributed by atoms with Crippen molar-refractivity contribution in [2.24, 2.45) is 17.6 Å². The molecule has 0 aliphatic heterocycles. The molecule has 0 bridgehead atoms. The number of carbonyl (C=O) groups excluding carboxylic acids is 1. The van der Waals surface area contributed by atoms with Gasteiger partial charge in [-0.2, -0.15) is 0 Å². The van der Waals surface area contributed by atoms with Gasteiger partial charge in [0.15, 0.2) is 0 Å². The van der Waals surface area contributed by atoms with Gasteiger partial charge in [0.05, 0.1) is 6.04 Å². The summed E-state index contributed by atoms with van der Waals surface area (Å²) in [6, 6.07) is 13.9.